The molecule has 0 atom stereocenters. The van der Waals surface area contributed by atoms with Crippen molar-refractivity contribution < 1.29 is 9.66 Å². The fourth-order valence-corrected chi connectivity index (χ4v) is 0.877. The number of methoxy groups -OCH3 is 1. The van der Waals surface area contributed by atoms with Gasteiger partial charge in [-0.1, -0.05) is 5.92 Å². The lowest BCUT2D eigenvalue weighted by molar-refractivity contribution is -0.386. The van der Waals surface area contributed by atoms with Crippen molar-refractivity contribution in [1.82, 2.24) is 4.98 Å². The summed E-state index contributed by atoms with van der Waals surface area (Å²) in [5, 5.41) is 10.6. The third kappa shape index (κ3) is 1.56. The van der Waals surface area contributed by atoms with Crippen LogP contribution >= 0.6 is 0 Å². The zero-order valence-electron chi connectivity index (χ0n) is 6.85. The molecule has 5 heteroatoms. The van der Waals surface area contributed by atoms with E-state index in [-0.39, 0.29) is 17.1 Å². The molecular formula is C8H6N2O3. The van der Waals surface area contributed by atoms with Crippen molar-refractivity contribution >= 4 is 5.69 Å². The molecule has 0 N–H and O–H groups in total. The van der Waals surface area contributed by atoms with Gasteiger partial charge in [0.1, 0.15) is 5.56 Å². The van der Waals surface area contributed by atoms with Crippen molar-refractivity contribution in [2.75, 3.05) is 7.11 Å². The Morgan fingerprint density at radius 2 is 2.46 bits per heavy atom. The summed E-state index contributed by atoms with van der Waals surface area (Å²) in [6.45, 7) is 0. The van der Waals surface area contributed by atoms with Crippen molar-refractivity contribution in [1.29, 1.82) is 0 Å². The molecule has 0 aromatic carbocycles. The van der Waals surface area contributed by atoms with E-state index in [1.54, 1.807) is 0 Å². The van der Waals surface area contributed by atoms with E-state index in [0.717, 1.165) is 0 Å². The van der Waals surface area contributed by atoms with E-state index in [9.17, 15) is 10.1 Å². The van der Waals surface area contributed by atoms with Crippen LogP contribution in [-0.2, 0) is 0 Å². The minimum atomic E-state index is -0.610. The lowest BCUT2D eigenvalue weighted by Gasteiger charge is -2.00. The third-order valence-corrected chi connectivity index (χ3v) is 1.42. The fourth-order valence-electron chi connectivity index (χ4n) is 0.877. The highest BCUT2D eigenvalue weighted by atomic mass is 16.6. The molecule has 0 aliphatic rings. The molecule has 0 saturated carbocycles. The van der Waals surface area contributed by atoms with Gasteiger partial charge in [-0.05, 0) is 6.07 Å². The van der Waals surface area contributed by atoms with Crippen LogP contribution in [0.5, 0.6) is 5.88 Å². The van der Waals surface area contributed by atoms with Crippen LogP contribution < -0.4 is 4.74 Å². The second-order valence-electron chi connectivity index (χ2n) is 2.12. The number of pyridine rings is 1. The molecule has 1 aromatic heterocycles. The minimum Gasteiger partial charge on any atom is -0.476 e. The van der Waals surface area contributed by atoms with Gasteiger partial charge in [-0.2, -0.15) is 0 Å². The molecule has 0 fully saturated rings. The molecule has 66 valence electrons. The summed E-state index contributed by atoms with van der Waals surface area (Å²) in [5.74, 6) is 2.12. The molecule has 5 nitrogen and oxygen atoms in total. The molecular weight excluding hydrogens is 172 g/mol. The predicted molar refractivity (Wildman–Crippen MR) is 45.4 cm³/mol. The molecule has 1 rings (SSSR count). The number of hydrogen-bond donors (Lipinski definition) is 0. The van der Waals surface area contributed by atoms with Crippen LogP contribution in [0.3, 0.4) is 0 Å². The van der Waals surface area contributed by atoms with E-state index in [4.69, 9.17) is 11.2 Å². The van der Waals surface area contributed by atoms with Crippen molar-refractivity contribution in [2.24, 2.45) is 0 Å². The van der Waals surface area contributed by atoms with Crippen molar-refractivity contribution in [3.05, 3.63) is 27.9 Å². The summed E-state index contributed by atoms with van der Waals surface area (Å²) in [7, 11) is 1.30. The molecule has 0 amide bonds. The number of nitrogens with zero attached hydrogens (tertiary/aromatic N) is 2. The zero-order valence-corrected chi connectivity index (χ0v) is 6.85. The number of nitro groups is 1. The highest BCUT2D eigenvalue weighted by molar-refractivity contribution is 5.55. The van der Waals surface area contributed by atoms with E-state index in [2.05, 4.69) is 10.9 Å². The van der Waals surface area contributed by atoms with Gasteiger partial charge in [0, 0.05) is 6.20 Å². The summed E-state index contributed by atoms with van der Waals surface area (Å²) < 4.78 is 4.70. The highest BCUT2D eigenvalue weighted by Crippen LogP contribution is 2.26. The average Bonchev–Trinajstić information content (AvgIpc) is 2.16. The fraction of sp³-hybridized carbons (Fsp3) is 0.125. The topological polar surface area (TPSA) is 65.3 Å². The van der Waals surface area contributed by atoms with Gasteiger partial charge in [0.2, 0.25) is 0 Å². The van der Waals surface area contributed by atoms with Crippen LogP contribution in [-0.4, -0.2) is 17.0 Å². The van der Waals surface area contributed by atoms with Crippen LogP contribution in [0.4, 0.5) is 5.69 Å². The van der Waals surface area contributed by atoms with Crippen molar-refractivity contribution in [2.45, 2.75) is 0 Å². The normalized spacial score (nSPS) is 8.92. The largest absolute Gasteiger partial charge is 0.476 e. The number of aromatic nitrogens is 1. The lowest BCUT2D eigenvalue weighted by atomic mass is 10.2. The van der Waals surface area contributed by atoms with E-state index in [1.807, 2.05) is 0 Å². The Kier molecular flexibility index (Phi) is 2.45. The lowest BCUT2D eigenvalue weighted by Crippen LogP contribution is -1.98. The van der Waals surface area contributed by atoms with Gasteiger partial charge in [-0.25, -0.2) is 4.98 Å². The second kappa shape index (κ2) is 3.54. The summed E-state index contributed by atoms with van der Waals surface area (Å²) in [6, 6.07) is 1.39. The Bertz CT molecular complexity index is 381. The van der Waals surface area contributed by atoms with Crippen LogP contribution in [0.2, 0.25) is 0 Å². The first-order valence-corrected chi connectivity index (χ1v) is 3.34. The molecule has 1 aromatic rings. The third-order valence-electron chi connectivity index (χ3n) is 1.42. The number of ether oxygens (including phenoxy) is 1. The molecule has 0 spiro atoms. The maximum Gasteiger partial charge on any atom is 0.346 e. The van der Waals surface area contributed by atoms with Gasteiger partial charge in [0.15, 0.2) is 0 Å². The summed E-state index contributed by atoms with van der Waals surface area (Å²) in [4.78, 5) is 13.6. The monoisotopic (exact) mass is 178 g/mol. The molecule has 0 aliphatic heterocycles. The van der Waals surface area contributed by atoms with Gasteiger partial charge in [0.25, 0.3) is 5.88 Å². The summed E-state index contributed by atoms with van der Waals surface area (Å²) >= 11 is 0. The molecule has 0 aliphatic carbocycles. The maximum atomic E-state index is 10.6. The zero-order chi connectivity index (χ0) is 9.84. The summed E-state index contributed by atoms with van der Waals surface area (Å²) in [5.41, 5.74) is -0.107. The standard InChI is InChI=1S/C8H6N2O3/c1-3-6-4-5-9-8(13-2)7(6)10(11)12/h1,4-5H,2H3. The van der Waals surface area contributed by atoms with Gasteiger partial charge in [-0.15, -0.1) is 6.42 Å². The quantitative estimate of drug-likeness (QED) is 0.384. The molecule has 1 heterocycles. The van der Waals surface area contributed by atoms with E-state index in [0.29, 0.717) is 0 Å². The van der Waals surface area contributed by atoms with Crippen LogP contribution in [0.1, 0.15) is 5.56 Å². The molecule has 0 bridgehead atoms. The van der Waals surface area contributed by atoms with Crippen LogP contribution in [0, 0.1) is 22.5 Å². The molecule has 0 unspecified atom stereocenters. The SMILES string of the molecule is C#Cc1ccnc(OC)c1[N+](=O)[O-]. The van der Waals surface area contributed by atoms with Crippen LogP contribution in [0.25, 0.3) is 0 Å². The van der Waals surface area contributed by atoms with Gasteiger partial charge >= 0.3 is 5.69 Å². The number of rotatable bonds is 2. The Balaban J connectivity index is 3.41. The van der Waals surface area contributed by atoms with E-state index in [1.165, 1.54) is 19.4 Å². The van der Waals surface area contributed by atoms with Gasteiger partial charge in [-0.3, -0.25) is 10.1 Å². The molecule has 0 saturated heterocycles. The van der Waals surface area contributed by atoms with E-state index < -0.39 is 4.92 Å². The first kappa shape index (κ1) is 9.00. The first-order valence-electron chi connectivity index (χ1n) is 3.34. The maximum absolute atomic E-state index is 10.6. The van der Waals surface area contributed by atoms with Crippen molar-refractivity contribution in [3.63, 3.8) is 0 Å². The average molecular weight is 178 g/mol. The Hall–Kier alpha value is -2.09. The Morgan fingerprint density at radius 3 is 2.92 bits per heavy atom. The van der Waals surface area contributed by atoms with Crippen molar-refractivity contribution in [3.8, 4) is 18.2 Å². The predicted octanol–water partition coefficient (Wildman–Crippen LogP) is 0.980. The van der Waals surface area contributed by atoms with E-state index >= 15 is 0 Å². The first-order chi connectivity index (χ1) is 6.20. The number of terminal acetylenes is 1. The molecule has 0 radical (unpaired) electrons. The summed E-state index contributed by atoms with van der Waals surface area (Å²) in [6.07, 6.45) is 6.44. The highest BCUT2D eigenvalue weighted by Gasteiger charge is 2.20. The minimum absolute atomic E-state index is 0.0690. The Morgan fingerprint density at radius 1 is 1.77 bits per heavy atom. The van der Waals surface area contributed by atoms with Gasteiger partial charge in [0.05, 0.1) is 12.0 Å². The van der Waals surface area contributed by atoms with Crippen LogP contribution in [0.15, 0.2) is 12.3 Å². The smallest absolute Gasteiger partial charge is 0.346 e. The number of hydrogen-bond acceptors (Lipinski definition) is 4. The van der Waals surface area contributed by atoms with Gasteiger partial charge < -0.3 is 4.74 Å². The Labute approximate surface area is 74.5 Å². The second-order valence-corrected chi connectivity index (χ2v) is 2.12. The molecule has 13 heavy (non-hydrogen) atoms.